The minimum atomic E-state index is 0.582. The molecule has 0 aliphatic heterocycles. The van der Waals surface area contributed by atoms with Gasteiger partial charge in [-0.15, -0.1) is 0 Å². The van der Waals surface area contributed by atoms with Crippen molar-refractivity contribution in [1.29, 1.82) is 0 Å². The first-order valence-corrected chi connectivity index (χ1v) is 7.20. The number of hydrogen-bond donors (Lipinski definition) is 2. The highest BCUT2D eigenvalue weighted by Crippen LogP contribution is 2.27. The molecule has 0 spiro atoms. The predicted octanol–water partition coefficient (Wildman–Crippen LogP) is 4.52. The highest BCUT2D eigenvalue weighted by atomic mass is 35.5. The molecule has 0 radical (unpaired) electrons. The Balaban J connectivity index is 2.35. The van der Waals surface area contributed by atoms with E-state index in [-0.39, 0.29) is 0 Å². The largest absolute Gasteiger partial charge is 0.370 e. The second-order valence-electron chi connectivity index (χ2n) is 4.22. The van der Waals surface area contributed by atoms with Crippen LogP contribution < -0.4 is 10.6 Å². The van der Waals surface area contributed by atoms with Gasteiger partial charge in [-0.05, 0) is 31.5 Å². The van der Waals surface area contributed by atoms with Crippen LogP contribution in [0.3, 0.4) is 0 Å². The minimum absolute atomic E-state index is 0.582. The van der Waals surface area contributed by atoms with Gasteiger partial charge in [0.1, 0.15) is 18.0 Å². The molecule has 6 heteroatoms. The molecule has 106 valence electrons. The maximum Gasteiger partial charge on any atom is 0.139 e. The summed E-state index contributed by atoms with van der Waals surface area (Å²) in [4.78, 5) is 8.56. The molecule has 0 atom stereocenters. The Bertz CT molecular complexity index is 581. The first-order valence-electron chi connectivity index (χ1n) is 6.44. The Hall–Kier alpha value is -1.52. The van der Waals surface area contributed by atoms with Crippen molar-refractivity contribution in [2.45, 2.75) is 20.3 Å². The second kappa shape index (κ2) is 6.77. The number of hydrogen-bond acceptors (Lipinski definition) is 4. The van der Waals surface area contributed by atoms with Crippen LogP contribution in [0.4, 0.5) is 17.3 Å². The third-order valence-corrected chi connectivity index (χ3v) is 3.20. The van der Waals surface area contributed by atoms with Gasteiger partial charge in [-0.1, -0.05) is 30.1 Å². The normalized spacial score (nSPS) is 10.4. The monoisotopic (exact) mass is 310 g/mol. The molecular weight excluding hydrogens is 295 g/mol. The van der Waals surface area contributed by atoms with Crippen LogP contribution in [0, 0.1) is 0 Å². The Morgan fingerprint density at radius 3 is 2.25 bits per heavy atom. The maximum atomic E-state index is 6.00. The summed E-state index contributed by atoms with van der Waals surface area (Å²) in [6.07, 6.45) is 2.35. The lowest BCUT2D eigenvalue weighted by atomic mass is 10.2. The van der Waals surface area contributed by atoms with E-state index in [1.165, 1.54) is 6.33 Å². The molecule has 0 bridgehead atoms. The Morgan fingerprint density at radius 2 is 1.65 bits per heavy atom. The van der Waals surface area contributed by atoms with E-state index in [2.05, 4.69) is 27.5 Å². The molecule has 0 aliphatic rings. The van der Waals surface area contributed by atoms with Crippen LogP contribution in [-0.2, 0) is 6.42 Å². The minimum Gasteiger partial charge on any atom is -0.370 e. The number of benzene rings is 1. The van der Waals surface area contributed by atoms with Gasteiger partial charge in [-0.25, -0.2) is 9.97 Å². The molecule has 0 aliphatic carbocycles. The van der Waals surface area contributed by atoms with E-state index in [9.17, 15) is 0 Å². The van der Waals surface area contributed by atoms with Crippen molar-refractivity contribution >= 4 is 40.5 Å². The van der Waals surface area contributed by atoms with E-state index in [1.807, 2.05) is 19.1 Å². The SMILES string of the molecule is CCNc1ncnc(Nc2cc(Cl)cc(Cl)c2)c1CC. The summed E-state index contributed by atoms with van der Waals surface area (Å²) in [5.74, 6) is 1.61. The van der Waals surface area contributed by atoms with Gasteiger partial charge in [0, 0.05) is 27.8 Å². The van der Waals surface area contributed by atoms with Crippen LogP contribution in [0.2, 0.25) is 10.0 Å². The van der Waals surface area contributed by atoms with E-state index in [0.29, 0.717) is 10.0 Å². The summed E-state index contributed by atoms with van der Waals surface area (Å²) in [6, 6.07) is 5.31. The van der Waals surface area contributed by atoms with Crippen LogP contribution in [0.15, 0.2) is 24.5 Å². The standard InChI is InChI=1S/C14H16Cl2N4/c1-3-12-13(17-4-2)18-8-19-14(12)20-11-6-9(15)5-10(16)7-11/h5-8H,3-4H2,1-2H3,(H2,17,18,19,20). The Kier molecular flexibility index (Phi) is 5.04. The fourth-order valence-electron chi connectivity index (χ4n) is 1.94. The molecule has 2 N–H and O–H groups in total. The average Bonchev–Trinajstić information content (AvgIpc) is 2.38. The fraction of sp³-hybridized carbons (Fsp3) is 0.286. The topological polar surface area (TPSA) is 49.8 Å². The van der Waals surface area contributed by atoms with E-state index in [4.69, 9.17) is 23.2 Å². The smallest absolute Gasteiger partial charge is 0.139 e. The van der Waals surface area contributed by atoms with Crippen molar-refractivity contribution < 1.29 is 0 Å². The number of rotatable bonds is 5. The molecule has 1 aromatic carbocycles. The summed E-state index contributed by atoms with van der Waals surface area (Å²) in [5, 5.41) is 7.64. The van der Waals surface area contributed by atoms with Gasteiger partial charge in [0.25, 0.3) is 0 Å². The molecule has 0 saturated carbocycles. The lowest BCUT2D eigenvalue weighted by Crippen LogP contribution is -2.07. The van der Waals surface area contributed by atoms with Gasteiger partial charge in [0.05, 0.1) is 0 Å². The molecule has 1 heterocycles. The summed E-state index contributed by atoms with van der Waals surface area (Å²) in [7, 11) is 0. The van der Waals surface area contributed by atoms with Crippen LogP contribution in [-0.4, -0.2) is 16.5 Å². The fourth-order valence-corrected chi connectivity index (χ4v) is 2.46. The predicted molar refractivity (Wildman–Crippen MR) is 85.3 cm³/mol. The van der Waals surface area contributed by atoms with Crippen LogP contribution in [0.25, 0.3) is 0 Å². The summed E-state index contributed by atoms with van der Waals surface area (Å²) < 4.78 is 0. The molecule has 0 saturated heterocycles. The average molecular weight is 311 g/mol. The molecule has 1 aromatic heterocycles. The quantitative estimate of drug-likeness (QED) is 0.852. The molecule has 20 heavy (non-hydrogen) atoms. The maximum absolute atomic E-state index is 6.00. The molecule has 0 amide bonds. The lowest BCUT2D eigenvalue weighted by molar-refractivity contribution is 1.03. The van der Waals surface area contributed by atoms with Gasteiger partial charge in [0.2, 0.25) is 0 Å². The highest BCUT2D eigenvalue weighted by molar-refractivity contribution is 6.35. The van der Waals surface area contributed by atoms with Crippen molar-refractivity contribution in [3.8, 4) is 0 Å². The summed E-state index contributed by atoms with van der Waals surface area (Å²) in [5.41, 5.74) is 1.84. The Morgan fingerprint density at radius 1 is 1.00 bits per heavy atom. The van der Waals surface area contributed by atoms with Gasteiger partial charge >= 0.3 is 0 Å². The van der Waals surface area contributed by atoms with Crippen molar-refractivity contribution in [2.75, 3.05) is 17.2 Å². The number of nitrogens with zero attached hydrogens (tertiary/aromatic N) is 2. The first kappa shape index (κ1) is 14.9. The van der Waals surface area contributed by atoms with Gasteiger partial charge in [-0.2, -0.15) is 0 Å². The van der Waals surface area contributed by atoms with E-state index < -0.39 is 0 Å². The van der Waals surface area contributed by atoms with E-state index >= 15 is 0 Å². The zero-order valence-electron chi connectivity index (χ0n) is 11.4. The van der Waals surface area contributed by atoms with E-state index in [1.54, 1.807) is 6.07 Å². The zero-order chi connectivity index (χ0) is 14.5. The second-order valence-corrected chi connectivity index (χ2v) is 5.09. The van der Waals surface area contributed by atoms with Gasteiger partial charge in [0.15, 0.2) is 0 Å². The van der Waals surface area contributed by atoms with Crippen LogP contribution in [0.1, 0.15) is 19.4 Å². The first-order chi connectivity index (χ1) is 9.63. The molecule has 2 aromatic rings. The van der Waals surface area contributed by atoms with Crippen molar-refractivity contribution in [3.05, 3.63) is 40.1 Å². The summed E-state index contributed by atoms with van der Waals surface area (Å²) >= 11 is 12.0. The molecule has 0 fully saturated rings. The van der Waals surface area contributed by atoms with Crippen LogP contribution in [0.5, 0.6) is 0 Å². The molecule has 4 nitrogen and oxygen atoms in total. The third-order valence-electron chi connectivity index (χ3n) is 2.77. The number of anilines is 3. The molecule has 2 rings (SSSR count). The molecular formula is C14H16Cl2N4. The van der Waals surface area contributed by atoms with Crippen molar-refractivity contribution in [3.63, 3.8) is 0 Å². The highest BCUT2D eigenvalue weighted by Gasteiger charge is 2.10. The third kappa shape index (κ3) is 3.52. The van der Waals surface area contributed by atoms with Crippen LogP contribution >= 0.6 is 23.2 Å². The number of halogens is 2. The summed E-state index contributed by atoms with van der Waals surface area (Å²) in [6.45, 7) is 4.91. The van der Waals surface area contributed by atoms with Gasteiger partial charge in [-0.3, -0.25) is 0 Å². The Labute approximate surface area is 128 Å². The van der Waals surface area contributed by atoms with E-state index in [0.717, 1.165) is 35.9 Å². The zero-order valence-corrected chi connectivity index (χ0v) is 12.9. The van der Waals surface area contributed by atoms with Crippen molar-refractivity contribution in [2.24, 2.45) is 0 Å². The number of aromatic nitrogens is 2. The van der Waals surface area contributed by atoms with Crippen molar-refractivity contribution in [1.82, 2.24) is 9.97 Å². The number of nitrogens with one attached hydrogen (secondary N) is 2. The van der Waals surface area contributed by atoms with Gasteiger partial charge < -0.3 is 10.6 Å². The molecule has 0 unspecified atom stereocenters. The lowest BCUT2D eigenvalue weighted by Gasteiger charge is -2.14.